The molecule has 3 heteroatoms. The average Bonchev–Trinajstić information content (AvgIpc) is 2.86. The zero-order chi connectivity index (χ0) is 13.0. The first-order valence-electron chi connectivity index (χ1n) is 6.59. The summed E-state index contributed by atoms with van der Waals surface area (Å²) in [5.41, 5.74) is 2.58. The molecule has 1 amide bonds. The Bertz CT molecular complexity index is 419. The fourth-order valence-corrected chi connectivity index (χ4v) is 3.00. The third-order valence-corrected chi connectivity index (χ3v) is 4.64. The first-order chi connectivity index (χ1) is 8.70. The van der Waals surface area contributed by atoms with Crippen LogP contribution in [-0.2, 0) is 11.2 Å². The molecule has 2 nitrogen and oxygen atoms in total. The molecule has 1 saturated heterocycles. The van der Waals surface area contributed by atoms with Crippen molar-refractivity contribution in [2.75, 3.05) is 18.4 Å². The molecule has 1 unspecified atom stereocenters. The number of amides is 1. The highest BCUT2D eigenvalue weighted by atomic mass is 79.9. The van der Waals surface area contributed by atoms with Gasteiger partial charge in [0.25, 0.3) is 0 Å². The Kier molecular flexibility index (Phi) is 4.81. The van der Waals surface area contributed by atoms with E-state index in [0.717, 1.165) is 31.3 Å². The summed E-state index contributed by atoms with van der Waals surface area (Å²) in [7, 11) is 0. The molecule has 0 N–H and O–H groups in total. The Labute approximate surface area is 117 Å². The van der Waals surface area contributed by atoms with Crippen LogP contribution in [-0.4, -0.2) is 29.2 Å². The zero-order valence-corrected chi connectivity index (χ0v) is 12.4. The summed E-state index contributed by atoms with van der Waals surface area (Å²) in [6.45, 7) is 3.97. The lowest BCUT2D eigenvalue weighted by molar-refractivity contribution is -0.130. The van der Waals surface area contributed by atoms with Gasteiger partial charge in [0.2, 0.25) is 5.91 Å². The summed E-state index contributed by atoms with van der Waals surface area (Å²) in [6, 6.07) is 8.32. The topological polar surface area (TPSA) is 20.3 Å². The lowest BCUT2D eigenvalue weighted by atomic mass is 10.0. The number of alkyl halides is 1. The molecule has 1 heterocycles. The molecule has 2 rings (SSSR count). The van der Waals surface area contributed by atoms with Crippen molar-refractivity contribution in [1.29, 1.82) is 0 Å². The molecule has 0 spiro atoms. The maximum Gasteiger partial charge on any atom is 0.222 e. The van der Waals surface area contributed by atoms with Crippen molar-refractivity contribution in [2.24, 2.45) is 5.92 Å². The molecule has 18 heavy (non-hydrogen) atoms. The van der Waals surface area contributed by atoms with Gasteiger partial charge in [-0.1, -0.05) is 40.2 Å². The van der Waals surface area contributed by atoms with Crippen LogP contribution in [0.4, 0.5) is 0 Å². The second-order valence-electron chi connectivity index (χ2n) is 5.08. The normalized spacial score (nSPS) is 19.2. The van der Waals surface area contributed by atoms with Gasteiger partial charge in [0, 0.05) is 24.8 Å². The van der Waals surface area contributed by atoms with E-state index in [-0.39, 0.29) is 0 Å². The van der Waals surface area contributed by atoms with Gasteiger partial charge in [-0.15, -0.1) is 0 Å². The number of likely N-dealkylation sites (tertiary alicyclic amines) is 1. The van der Waals surface area contributed by atoms with Crippen LogP contribution in [0.25, 0.3) is 0 Å². The van der Waals surface area contributed by atoms with E-state index in [1.807, 2.05) is 17.0 Å². The third-order valence-electron chi connectivity index (χ3n) is 3.73. The molecule has 0 bridgehead atoms. The van der Waals surface area contributed by atoms with Gasteiger partial charge < -0.3 is 4.90 Å². The smallest absolute Gasteiger partial charge is 0.222 e. The van der Waals surface area contributed by atoms with Gasteiger partial charge in [0.1, 0.15) is 0 Å². The van der Waals surface area contributed by atoms with E-state index >= 15 is 0 Å². The van der Waals surface area contributed by atoms with Gasteiger partial charge in [-0.3, -0.25) is 4.79 Å². The molecule has 1 aromatic carbocycles. The van der Waals surface area contributed by atoms with Crippen molar-refractivity contribution in [2.45, 2.75) is 26.2 Å². The maximum absolute atomic E-state index is 12.1. The van der Waals surface area contributed by atoms with Crippen molar-refractivity contribution in [3.8, 4) is 0 Å². The predicted molar refractivity (Wildman–Crippen MR) is 78.0 cm³/mol. The molecule has 98 valence electrons. The van der Waals surface area contributed by atoms with E-state index in [9.17, 15) is 4.79 Å². The van der Waals surface area contributed by atoms with Crippen LogP contribution in [0.2, 0.25) is 0 Å². The molecule has 1 atom stereocenters. The summed E-state index contributed by atoms with van der Waals surface area (Å²) in [5, 5.41) is 1.01. The van der Waals surface area contributed by atoms with E-state index in [1.165, 1.54) is 11.1 Å². The minimum Gasteiger partial charge on any atom is -0.342 e. The summed E-state index contributed by atoms with van der Waals surface area (Å²) < 4.78 is 0. The Balaban J connectivity index is 1.84. The van der Waals surface area contributed by atoms with Gasteiger partial charge >= 0.3 is 0 Å². The van der Waals surface area contributed by atoms with Gasteiger partial charge in [-0.2, -0.15) is 0 Å². The molecule has 1 aromatic rings. The quantitative estimate of drug-likeness (QED) is 0.782. The van der Waals surface area contributed by atoms with Crippen LogP contribution in [0.1, 0.15) is 24.0 Å². The Morgan fingerprint density at radius 1 is 1.44 bits per heavy atom. The van der Waals surface area contributed by atoms with Gasteiger partial charge in [0.15, 0.2) is 0 Å². The van der Waals surface area contributed by atoms with E-state index in [4.69, 9.17) is 0 Å². The van der Waals surface area contributed by atoms with Gasteiger partial charge in [0.05, 0.1) is 0 Å². The van der Waals surface area contributed by atoms with Crippen molar-refractivity contribution in [3.63, 3.8) is 0 Å². The van der Waals surface area contributed by atoms with Crippen molar-refractivity contribution >= 4 is 21.8 Å². The van der Waals surface area contributed by atoms with E-state index < -0.39 is 0 Å². The minimum atomic E-state index is 0.307. The first-order valence-corrected chi connectivity index (χ1v) is 7.71. The van der Waals surface area contributed by atoms with E-state index in [0.29, 0.717) is 18.2 Å². The maximum atomic E-state index is 12.1. The van der Waals surface area contributed by atoms with Crippen LogP contribution in [0.5, 0.6) is 0 Å². The highest BCUT2D eigenvalue weighted by Gasteiger charge is 2.24. The molecular weight excluding hydrogens is 290 g/mol. The van der Waals surface area contributed by atoms with Gasteiger partial charge in [-0.05, 0) is 36.8 Å². The fourth-order valence-electron chi connectivity index (χ4n) is 2.48. The number of benzene rings is 1. The highest BCUT2D eigenvalue weighted by Crippen LogP contribution is 2.19. The first kappa shape index (κ1) is 13.6. The summed E-state index contributed by atoms with van der Waals surface area (Å²) in [5.74, 6) is 0.953. The largest absolute Gasteiger partial charge is 0.342 e. The molecular formula is C15H20BrNO. The van der Waals surface area contributed by atoms with E-state index in [1.54, 1.807) is 0 Å². The SMILES string of the molecule is Cc1ccccc1CCC(=O)N1CCC(CBr)C1. The average molecular weight is 310 g/mol. The van der Waals surface area contributed by atoms with Crippen LogP contribution in [0, 0.1) is 12.8 Å². The molecule has 0 saturated carbocycles. The Hall–Kier alpha value is -0.830. The molecule has 1 aliphatic rings. The molecule has 0 radical (unpaired) electrons. The number of carbonyl (C=O) groups excluding carboxylic acids is 1. The number of hydrogen-bond acceptors (Lipinski definition) is 1. The lowest BCUT2D eigenvalue weighted by Gasteiger charge is -2.16. The minimum absolute atomic E-state index is 0.307. The molecule has 1 aliphatic heterocycles. The third kappa shape index (κ3) is 3.35. The van der Waals surface area contributed by atoms with Gasteiger partial charge in [-0.25, -0.2) is 0 Å². The van der Waals surface area contributed by atoms with Crippen LogP contribution < -0.4 is 0 Å². The molecule has 0 aromatic heterocycles. The Morgan fingerprint density at radius 3 is 2.89 bits per heavy atom. The second kappa shape index (κ2) is 6.37. The van der Waals surface area contributed by atoms with Crippen LogP contribution in [0.15, 0.2) is 24.3 Å². The molecule has 0 aliphatic carbocycles. The van der Waals surface area contributed by atoms with Crippen LogP contribution >= 0.6 is 15.9 Å². The number of nitrogens with zero attached hydrogens (tertiary/aromatic N) is 1. The number of hydrogen-bond donors (Lipinski definition) is 0. The predicted octanol–water partition coefficient (Wildman–Crippen LogP) is 3.17. The summed E-state index contributed by atoms with van der Waals surface area (Å²) >= 11 is 3.50. The summed E-state index contributed by atoms with van der Waals surface area (Å²) in [6.07, 6.45) is 2.64. The second-order valence-corrected chi connectivity index (χ2v) is 5.72. The number of aryl methyl sites for hydroxylation is 2. The van der Waals surface area contributed by atoms with E-state index in [2.05, 4.69) is 35.0 Å². The van der Waals surface area contributed by atoms with Crippen LogP contribution in [0.3, 0.4) is 0 Å². The monoisotopic (exact) mass is 309 g/mol. The highest BCUT2D eigenvalue weighted by molar-refractivity contribution is 9.09. The van der Waals surface area contributed by atoms with Crippen molar-refractivity contribution in [1.82, 2.24) is 4.90 Å². The van der Waals surface area contributed by atoms with Crippen molar-refractivity contribution < 1.29 is 4.79 Å². The number of halogens is 1. The number of carbonyl (C=O) groups is 1. The summed E-state index contributed by atoms with van der Waals surface area (Å²) in [4.78, 5) is 14.1. The van der Waals surface area contributed by atoms with Crippen molar-refractivity contribution in [3.05, 3.63) is 35.4 Å². The standard InChI is InChI=1S/C15H20BrNO/c1-12-4-2-3-5-14(12)6-7-15(18)17-9-8-13(10-16)11-17/h2-5,13H,6-11H2,1H3. The lowest BCUT2D eigenvalue weighted by Crippen LogP contribution is -2.29. The number of rotatable bonds is 4. The Morgan fingerprint density at radius 2 is 2.22 bits per heavy atom. The molecule has 1 fully saturated rings. The fraction of sp³-hybridized carbons (Fsp3) is 0.533. The zero-order valence-electron chi connectivity index (χ0n) is 10.9.